The van der Waals surface area contributed by atoms with Gasteiger partial charge >= 0.3 is 0 Å². The summed E-state index contributed by atoms with van der Waals surface area (Å²) in [5, 5.41) is 8.27. The van der Waals surface area contributed by atoms with Crippen LogP contribution in [0.4, 0.5) is 0 Å². The van der Waals surface area contributed by atoms with Crippen LogP contribution in [0.5, 0.6) is 5.75 Å². The fourth-order valence-electron chi connectivity index (χ4n) is 4.42. The lowest BCUT2D eigenvalue weighted by Gasteiger charge is -2.27. The van der Waals surface area contributed by atoms with Crippen molar-refractivity contribution in [1.29, 1.82) is 0 Å². The molecule has 5 nitrogen and oxygen atoms in total. The molecule has 1 aliphatic rings. The first-order chi connectivity index (χ1) is 16.5. The van der Waals surface area contributed by atoms with E-state index >= 15 is 0 Å². The van der Waals surface area contributed by atoms with E-state index in [0.717, 1.165) is 40.1 Å². The van der Waals surface area contributed by atoms with E-state index in [2.05, 4.69) is 48.3 Å². The van der Waals surface area contributed by atoms with Gasteiger partial charge in [-0.2, -0.15) is 5.10 Å². The number of H-pyrrole nitrogens is 1. The molecule has 6 heteroatoms. The largest absolute Gasteiger partial charge is 0.494 e. The smallest absolute Gasteiger partial charge is 0.273 e. The quantitative estimate of drug-likeness (QED) is 0.331. The molecule has 34 heavy (non-hydrogen) atoms. The SMILES string of the molecule is CCCOc1cccc(C2c3c(-c4ccc(C)cc4)n[nH]c3C(=O)N2Cc2ccc(Cl)cc2)c1. The van der Waals surface area contributed by atoms with Gasteiger partial charge in [-0.05, 0) is 48.7 Å². The predicted octanol–water partition coefficient (Wildman–Crippen LogP) is 6.57. The van der Waals surface area contributed by atoms with Gasteiger partial charge in [0.1, 0.15) is 11.4 Å². The topological polar surface area (TPSA) is 58.2 Å². The molecule has 3 aromatic carbocycles. The van der Waals surface area contributed by atoms with E-state index in [0.29, 0.717) is 23.9 Å². The summed E-state index contributed by atoms with van der Waals surface area (Å²) >= 11 is 6.09. The first kappa shape index (κ1) is 22.2. The van der Waals surface area contributed by atoms with E-state index in [-0.39, 0.29) is 11.9 Å². The number of amides is 1. The molecule has 0 bridgehead atoms. The number of nitrogens with one attached hydrogen (secondary N) is 1. The molecule has 1 aromatic heterocycles. The lowest BCUT2D eigenvalue weighted by molar-refractivity contribution is 0.0730. The minimum absolute atomic E-state index is 0.0688. The number of nitrogens with zero attached hydrogens (tertiary/aromatic N) is 2. The van der Waals surface area contributed by atoms with Crippen molar-refractivity contribution >= 4 is 17.5 Å². The molecule has 0 radical (unpaired) electrons. The Kier molecular flexibility index (Phi) is 6.12. The van der Waals surface area contributed by atoms with Gasteiger partial charge in [-0.25, -0.2) is 0 Å². The van der Waals surface area contributed by atoms with E-state index in [9.17, 15) is 4.79 Å². The predicted molar refractivity (Wildman–Crippen MR) is 134 cm³/mol. The van der Waals surface area contributed by atoms with Crippen molar-refractivity contribution in [2.75, 3.05) is 6.61 Å². The van der Waals surface area contributed by atoms with Crippen molar-refractivity contribution in [3.8, 4) is 17.0 Å². The number of ether oxygens (including phenoxy) is 1. The lowest BCUT2D eigenvalue weighted by atomic mass is 9.95. The van der Waals surface area contributed by atoms with E-state index in [1.807, 2.05) is 53.4 Å². The number of aromatic nitrogens is 2. The second-order valence-electron chi connectivity index (χ2n) is 8.61. The third kappa shape index (κ3) is 4.19. The summed E-state index contributed by atoms with van der Waals surface area (Å²) < 4.78 is 5.90. The Bertz CT molecular complexity index is 1310. The Morgan fingerprint density at radius 2 is 1.82 bits per heavy atom. The monoisotopic (exact) mass is 471 g/mol. The maximum atomic E-state index is 13.6. The molecule has 1 N–H and O–H groups in total. The number of fused-ring (bicyclic) bond motifs is 1. The zero-order chi connectivity index (χ0) is 23.7. The molecular weight excluding hydrogens is 446 g/mol. The third-order valence-electron chi connectivity index (χ3n) is 6.10. The molecule has 2 heterocycles. The van der Waals surface area contributed by atoms with Gasteiger partial charge in [0.2, 0.25) is 0 Å². The molecule has 4 aromatic rings. The highest BCUT2D eigenvalue weighted by Gasteiger charge is 2.42. The van der Waals surface area contributed by atoms with Crippen molar-refractivity contribution in [2.24, 2.45) is 0 Å². The summed E-state index contributed by atoms with van der Waals surface area (Å²) in [4.78, 5) is 15.5. The molecule has 1 amide bonds. The average molecular weight is 472 g/mol. The van der Waals surface area contributed by atoms with Crippen LogP contribution >= 0.6 is 11.6 Å². The summed E-state index contributed by atoms with van der Waals surface area (Å²) in [6, 6.07) is 23.6. The molecular formula is C28H26ClN3O2. The van der Waals surface area contributed by atoms with Gasteiger partial charge in [0.25, 0.3) is 5.91 Å². The number of benzene rings is 3. The Labute approximate surface area is 204 Å². The number of hydrogen-bond donors (Lipinski definition) is 1. The lowest BCUT2D eigenvalue weighted by Crippen LogP contribution is -2.29. The fourth-order valence-corrected chi connectivity index (χ4v) is 4.54. The van der Waals surface area contributed by atoms with Crippen molar-refractivity contribution in [2.45, 2.75) is 32.9 Å². The van der Waals surface area contributed by atoms with Crippen molar-refractivity contribution in [3.63, 3.8) is 0 Å². The van der Waals surface area contributed by atoms with E-state index in [1.54, 1.807) is 0 Å². The van der Waals surface area contributed by atoms with Gasteiger partial charge in [0.05, 0.1) is 18.3 Å². The molecule has 172 valence electrons. The first-order valence-electron chi connectivity index (χ1n) is 11.5. The van der Waals surface area contributed by atoms with Crippen LogP contribution in [0.3, 0.4) is 0 Å². The second kappa shape index (κ2) is 9.35. The van der Waals surface area contributed by atoms with Gasteiger partial charge in [-0.15, -0.1) is 0 Å². The van der Waals surface area contributed by atoms with Crippen LogP contribution in [0.1, 0.15) is 52.1 Å². The Morgan fingerprint density at radius 1 is 1.06 bits per heavy atom. The molecule has 0 spiro atoms. The maximum Gasteiger partial charge on any atom is 0.273 e. The standard InChI is InChI=1S/C28H26ClN3O2/c1-3-15-34-23-6-4-5-21(16-23)27-24-25(20-11-7-18(2)8-12-20)30-31-26(24)28(33)32(27)17-19-9-13-22(29)14-10-19/h4-14,16,27H,3,15,17H2,1-2H3,(H,30,31). The number of rotatable bonds is 7. The first-order valence-corrected chi connectivity index (χ1v) is 11.9. The van der Waals surface area contributed by atoms with Crippen molar-refractivity contribution < 1.29 is 9.53 Å². The van der Waals surface area contributed by atoms with Gasteiger partial charge < -0.3 is 9.64 Å². The van der Waals surface area contributed by atoms with Gasteiger partial charge in [0.15, 0.2) is 0 Å². The van der Waals surface area contributed by atoms with Crippen LogP contribution in [-0.4, -0.2) is 27.6 Å². The number of halogens is 1. The molecule has 1 atom stereocenters. The minimum atomic E-state index is -0.293. The van der Waals surface area contributed by atoms with E-state index < -0.39 is 0 Å². The van der Waals surface area contributed by atoms with Crippen LogP contribution in [0.15, 0.2) is 72.8 Å². The summed E-state index contributed by atoms with van der Waals surface area (Å²) in [5.41, 5.74) is 6.39. The van der Waals surface area contributed by atoms with Gasteiger partial charge in [0, 0.05) is 22.7 Å². The molecule has 0 saturated heterocycles. The highest BCUT2D eigenvalue weighted by atomic mass is 35.5. The zero-order valence-corrected chi connectivity index (χ0v) is 20.0. The summed E-state index contributed by atoms with van der Waals surface area (Å²) in [7, 11) is 0. The Balaban J connectivity index is 1.61. The second-order valence-corrected chi connectivity index (χ2v) is 9.05. The molecule has 0 fully saturated rings. The van der Waals surface area contributed by atoms with E-state index in [4.69, 9.17) is 16.3 Å². The third-order valence-corrected chi connectivity index (χ3v) is 6.35. The summed E-state index contributed by atoms with van der Waals surface area (Å²) in [5.74, 6) is 0.729. The number of aromatic amines is 1. The number of carbonyl (C=O) groups excluding carboxylic acids is 1. The highest BCUT2D eigenvalue weighted by molar-refractivity contribution is 6.30. The average Bonchev–Trinajstić information content (AvgIpc) is 3.39. The molecule has 0 saturated carbocycles. The van der Waals surface area contributed by atoms with Crippen LogP contribution in [-0.2, 0) is 6.54 Å². The highest BCUT2D eigenvalue weighted by Crippen LogP contribution is 2.44. The number of carbonyl (C=O) groups is 1. The van der Waals surface area contributed by atoms with E-state index in [1.165, 1.54) is 5.56 Å². The number of aryl methyl sites for hydroxylation is 1. The van der Waals surface area contributed by atoms with Crippen LogP contribution in [0, 0.1) is 6.92 Å². The zero-order valence-electron chi connectivity index (χ0n) is 19.2. The minimum Gasteiger partial charge on any atom is -0.494 e. The van der Waals surface area contributed by atoms with Gasteiger partial charge in [-0.1, -0.05) is 72.6 Å². The van der Waals surface area contributed by atoms with Crippen LogP contribution in [0.2, 0.25) is 5.02 Å². The fraction of sp³-hybridized carbons (Fsp3) is 0.214. The number of hydrogen-bond acceptors (Lipinski definition) is 3. The van der Waals surface area contributed by atoms with Crippen LogP contribution in [0.25, 0.3) is 11.3 Å². The molecule has 0 aliphatic carbocycles. The Hall–Kier alpha value is -3.57. The molecule has 1 unspecified atom stereocenters. The van der Waals surface area contributed by atoms with Gasteiger partial charge in [-0.3, -0.25) is 9.89 Å². The van der Waals surface area contributed by atoms with Crippen molar-refractivity contribution in [3.05, 3.63) is 106 Å². The summed E-state index contributed by atoms with van der Waals surface area (Å²) in [6.45, 7) is 5.24. The normalized spacial score (nSPS) is 15.0. The summed E-state index contributed by atoms with van der Waals surface area (Å²) in [6.07, 6.45) is 0.929. The molecule has 1 aliphatic heterocycles. The molecule has 5 rings (SSSR count). The Morgan fingerprint density at radius 3 is 2.56 bits per heavy atom. The van der Waals surface area contributed by atoms with Crippen molar-refractivity contribution in [1.82, 2.24) is 15.1 Å². The maximum absolute atomic E-state index is 13.6. The van der Waals surface area contributed by atoms with Crippen LogP contribution < -0.4 is 4.74 Å².